The SMILES string of the molecule is CCCCCc1cc(Cc2ccc(CN3CCC3)cc2)c(C)nc1N. The van der Waals surface area contributed by atoms with Gasteiger partial charge in [-0.05, 0) is 68.0 Å². The van der Waals surface area contributed by atoms with Crippen molar-refractivity contribution >= 4 is 5.82 Å². The minimum absolute atomic E-state index is 0.710. The van der Waals surface area contributed by atoms with Crippen LogP contribution in [0.1, 0.15) is 60.6 Å². The van der Waals surface area contributed by atoms with Crippen LogP contribution >= 0.6 is 0 Å². The predicted molar refractivity (Wildman–Crippen MR) is 106 cm³/mol. The molecule has 1 aliphatic rings. The molecular formula is C22H31N3. The molecule has 0 amide bonds. The van der Waals surface area contributed by atoms with Gasteiger partial charge in [-0.2, -0.15) is 0 Å². The van der Waals surface area contributed by atoms with Crippen LogP contribution in [0, 0.1) is 6.92 Å². The third-order valence-electron chi connectivity index (χ3n) is 5.25. The lowest BCUT2D eigenvalue weighted by atomic mass is 9.98. The number of unbranched alkanes of at least 4 members (excludes halogenated alkanes) is 2. The molecule has 1 saturated heterocycles. The van der Waals surface area contributed by atoms with Crippen LogP contribution in [0.15, 0.2) is 30.3 Å². The Bertz CT molecular complexity index is 687. The molecule has 0 bridgehead atoms. The Labute approximate surface area is 152 Å². The Morgan fingerprint density at radius 1 is 1.04 bits per heavy atom. The molecule has 0 saturated carbocycles. The second-order valence-electron chi connectivity index (χ2n) is 7.36. The smallest absolute Gasteiger partial charge is 0.126 e. The minimum atomic E-state index is 0.710. The average molecular weight is 338 g/mol. The van der Waals surface area contributed by atoms with Crippen LogP contribution in [-0.4, -0.2) is 23.0 Å². The van der Waals surface area contributed by atoms with Gasteiger partial charge in [0, 0.05) is 12.2 Å². The van der Waals surface area contributed by atoms with E-state index in [1.807, 2.05) is 0 Å². The second-order valence-corrected chi connectivity index (χ2v) is 7.36. The van der Waals surface area contributed by atoms with Gasteiger partial charge in [-0.3, -0.25) is 4.90 Å². The van der Waals surface area contributed by atoms with E-state index in [2.05, 4.69) is 54.1 Å². The molecule has 0 spiro atoms. The van der Waals surface area contributed by atoms with Crippen molar-refractivity contribution in [3.8, 4) is 0 Å². The monoisotopic (exact) mass is 337 g/mol. The number of hydrogen-bond donors (Lipinski definition) is 1. The molecule has 0 unspecified atom stereocenters. The highest BCUT2D eigenvalue weighted by Gasteiger charge is 2.13. The third-order valence-corrected chi connectivity index (χ3v) is 5.25. The third kappa shape index (κ3) is 4.82. The highest BCUT2D eigenvalue weighted by molar-refractivity contribution is 5.45. The minimum Gasteiger partial charge on any atom is -0.383 e. The summed E-state index contributed by atoms with van der Waals surface area (Å²) in [6.07, 6.45) is 6.99. The summed E-state index contributed by atoms with van der Waals surface area (Å²) in [5.74, 6) is 0.710. The van der Waals surface area contributed by atoms with E-state index in [0.29, 0.717) is 5.82 Å². The number of rotatable bonds is 8. The average Bonchev–Trinajstić information content (AvgIpc) is 2.56. The zero-order valence-electron chi connectivity index (χ0n) is 15.7. The maximum atomic E-state index is 6.14. The number of aryl methyl sites for hydroxylation is 2. The highest BCUT2D eigenvalue weighted by Crippen LogP contribution is 2.21. The van der Waals surface area contributed by atoms with Crippen LogP contribution in [0.3, 0.4) is 0 Å². The molecule has 3 nitrogen and oxygen atoms in total. The van der Waals surface area contributed by atoms with Gasteiger partial charge in [0.05, 0.1) is 0 Å². The molecule has 1 fully saturated rings. The van der Waals surface area contributed by atoms with Crippen molar-refractivity contribution in [1.82, 2.24) is 9.88 Å². The Morgan fingerprint density at radius 2 is 1.76 bits per heavy atom. The summed E-state index contributed by atoms with van der Waals surface area (Å²) in [7, 11) is 0. The van der Waals surface area contributed by atoms with Gasteiger partial charge in [-0.25, -0.2) is 4.98 Å². The first-order valence-corrected chi connectivity index (χ1v) is 9.70. The zero-order valence-corrected chi connectivity index (χ0v) is 15.7. The van der Waals surface area contributed by atoms with Crippen molar-refractivity contribution < 1.29 is 0 Å². The van der Waals surface area contributed by atoms with Crippen LogP contribution in [0.25, 0.3) is 0 Å². The zero-order chi connectivity index (χ0) is 17.6. The van der Waals surface area contributed by atoms with Crippen molar-refractivity contribution in [2.45, 2.75) is 58.9 Å². The quantitative estimate of drug-likeness (QED) is 0.721. The van der Waals surface area contributed by atoms with E-state index in [0.717, 1.165) is 25.1 Å². The molecule has 1 aliphatic heterocycles. The lowest BCUT2D eigenvalue weighted by molar-refractivity contribution is 0.172. The van der Waals surface area contributed by atoms with E-state index in [1.54, 1.807) is 0 Å². The molecule has 2 aromatic rings. The number of hydrogen-bond acceptors (Lipinski definition) is 3. The Balaban J connectivity index is 1.67. The van der Waals surface area contributed by atoms with Gasteiger partial charge in [0.15, 0.2) is 0 Å². The molecule has 0 radical (unpaired) electrons. The summed E-state index contributed by atoms with van der Waals surface area (Å²) in [5, 5.41) is 0. The molecule has 25 heavy (non-hydrogen) atoms. The van der Waals surface area contributed by atoms with Gasteiger partial charge in [0.2, 0.25) is 0 Å². The van der Waals surface area contributed by atoms with Crippen LogP contribution in [0.4, 0.5) is 5.82 Å². The summed E-state index contributed by atoms with van der Waals surface area (Å²) in [5.41, 5.74) is 12.5. The fraction of sp³-hybridized carbons (Fsp3) is 0.500. The number of nitrogen functional groups attached to an aromatic ring is 1. The topological polar surface area (TPSA) is 42.2 Å². The van der Waals surface area contributed by atoms with E-state index in [9.17, 15) is 0 Å². The van der Waals surface area contributed by atoms with Gasteiger partial charge in [-0.15, -0.1) is 0 Å². The number of likely N-dealkylation sites (tertiary alicyclic amines) is 1. The van der Waals surface area contributed by atoms with Gasteiger partial charge in [0.1, 0.15) is 5.82 Å². The van der Waals surface area contributed by atoms with E-state index >= 15 is 0 Å². The van der Waals surface area contributed by atoms with E-state index < -0.39 is 0 Å². The van der Waals surface area contributed by atoms with Gasteiger partial charge < -0.3 is 5.73 Å². The summed E-state index contributed by atoms with van der Waals surface area (Å²) in [4.78, 5) is 7.09. The predicted octanol–water partition coefficient (Wildman–Crippen LogP) is 4.50. The van der Waals surface area contributed by atoms with Crippen molar-refractivity contribution in [3.63, 3.8) is 0 Å². The maximum absolute atomic E-state index is 6.14. The highest BCUT2D eigenvalue weighted by atomic mass is 15.2. The second kappa shape index (κ2) is 8.48. The Morgan fingerprint density at radius 3 is 2.40 bits per heavy atom. The van der Waals surface area contributed by atoms with Crippen LogP contribution in [0.2, 0.25) is 0 Å². The molecule has 0 atom stereocenters. The number of aromatic nitrogens is 1. The first-order valence-electron chi connectivity index (χ1n) is 9.70. The number of benzene rings is 1. The Kier molecular flexibility index (Phi) is 6.09. The number of pyridine rings is 1. The van der Waals surface area contributed by atoms with Crippen molar-refractivity contribution in [2.24, 2.45) is 0 Å². The summed E-state index contributed by atoms with van der Waals surface area (Å²) < 4.78 is 0. The van der Waals surface area contributed by atoms with E-state index in [1.165, 1.54) is 61.0 Å². The first kappa shape index (κ1) is 17.9. The number of nitrogens with zero attached hydrogens (tertiary/aromatic N) is 2. The molecular weight excluding hydrogens is 306 g/mol. The lowest BCUT2D eigenvalue weighted by Gasteiger charge is -2.30. The number of nitrogens with two attached hydrogens (primary N) is 1. The standard InChI is InChI=1S/C22H31N3/c1-3-4-5-7-20-15-21(17(2)24-22(20)23)14-18-8-10-19(11-9-18)16-25-12-6-13-25/h8-11,15H,3-7,12-14,16H2,1-2H3,(H2,23,24). The number of anilines is 1. The molecule has 0 aliphatic carbocycles. The fourth-order valence-corrected chi connectivity index (χ4v) is 3.44. The van der Waals surface area contributed by atoms with Crippen LogP contribution < -0.4 is 5.73 Å². The van der Waals surface area contributed by atoms with Gasteiger partial charge in [-0.1, -0.05) is 50.1 Å². The van der Waals surface area contributed by atoms with Crippen molar-refractivity contribution in [3.05, 3.63) is 58.3 Å². The van der Waals surface area contributed by atoms with Crippen LogP contribution in [-0.2, 0) is 19.4 Å². The summed E-state index contributed by atoms with van der Waals surface area (Å²) in [6.45, 7) is 7.88. The molecule has 2 N–H and O–H groups in total. The van der Waals surface area contributed by atoms with Crippen molar-refractivity contribution in [1.29, 1.82) is 0 Å². The fourth-order valence-electron chi connectivity index (χ4n) is 3.44. The van der Waals surface area contributed by atoms with Gasteiger partial charge in [0.25, 0.3) is 0 Å². The summed E-state index contributed by atoms with van der Waals surface area (Å²) >= 11 is 0. The van der Waals surface area contributed by atoms with Crippen LogP contribution in [0.5, 0.6) is 0 Å². The molecule has 134 valence electrons. The Hall–Kier alpha value is -1.87. The normalized spacial score (nSPS) is 14.5. The molecule has 2 heterocycles. The lowest BCUT2D eigenvalue weighted by Crippen LogP contribution is -2.36. The van der Waals surface area contributed by atoms with E-state index in [4.69, 9.17) is 5.73 Å². The molecule has 3 heteroatoms. The molecule has 3 rings (SSSR count). The molecule has 1 aromatic carbocycles. The van der Waals surface area contributed by atoms with E-state index in [-0.39, 0.29) is 0 Å². The largest absolute Gasteiger partial charge is 0.383 e. The first-order chi connectivity index (χ1) is 12.2. The molecule has 1 aromatic heterocycles. The van der Waals surface area contributed by atoms with Gasteiger partial charge >= 0.3 is 0 Å². The maximum Gasteiger partial charge on any atom is 0.126 e. The summed E-state index contributed by atoms with van der Waals surface area (Å²) in [6, 6.07) is 11.4. The van der Waals surface area contributed by atoms with Crippen molar-refractivity contribution in [2.75, 3.05) is 18.8 Å².